The molecule has 2 N–H and O–H groups in total. The highest BCUT2D eigenvalue weighted by molar-refractivity contribution is 7.92. The molecular formula is C20H21N3O3S2. The minimum Gasteiger partial charge on any atom is -0.376 e. The summed E-state index contributed by atoms with van der Waals surface area (Å²) < 4.78 is 27.0. The van der Waals surface area contributed by atoms with E-state index in [9.17, 15) is 13.2 Å². The van der Waals surface area contributed by atoms with Crippen LogP contribution in [-0.2, 0) is 21.4 Å². The third kappa shape index (κ3) is 4.90. The summed E-state index contributed by atoms with van der Waals surface area (Å²) in [7, 11) is -2.18. The smallest absolute Gasteiger partial charge is 0.264 e. The Hall–Kier alpha value is -2.84. The molecule has 0 fully saturated rings. The number of hydrogen-bond acceptors (Lipinski definition) is 5. The van der Waals surface area contributed by atoms with Crippen molar-refractivity contribution in [3.63, 3.8) is 0 Å². The average Bonchev–Trinajstić information content (AvgIpc) is 3.24. The van der Waals surface area contributed by atoms with E-state index in [0.717, 1.165) is 4.88 Å². The first-order valence-electron chi connectivity index (χ1n) is 8.64. The average molecular weight is 416 g/mol. The number of rotatable bonds is 8. The molecule has 0 radical (unpaired) electrons. The summed E-state index contributed by atoms with van der Waals surface area (Å²) in [6.07, 6.45) is 0. The van der Waals surface area contributed by atoms with Crippen LogP contribution in [0.2, 0.25) is 0 Å². The Labute approximate surface area is 168 Å². The molecule has 0 saturated heterocycles. The normalized spacial score (nSPS) is 11.0. The molecular weight excluding hydrogens is 394 g/mol. The van der Waals surface area contributed by atoms with E-state index in [1.54, 1.807) is 47.7 Å². The van der Waals surface area contributed by atoms with Gasteiger partial charge in [-0.2, -0.15) is 0 Å². The van der Waals surface area contributed by atoms with Gasteiger partial charge in [0, 0.05) is 17.6 Å². The summed E-state index contributed by atoms with van der Waals surface area (Å²) in [5.74, 6) is -0.164. The molecule has 146 valence electrons. The van der Waals surface area contributed by atoms with Crippen LogP contribution in [0.25, 0.3) is 0 Å². The first-order chi connectivity index (χ1) is 13.5. The van der Waals surface area contributed by atoms with E-state index < -0.39 is 10.0 Å². The van der Waals surface area contributed by atoms with E-state index in [2.05, 4.69) is 10.6 Å². The van der Waals surface area contributed by atoms with Gasteiger partial charge in [0.25, 0.3) is 10.0 Å². The number of carbonyl (C=O) groups excluding carboxylic acids is 1. The van der Waals surface area contributed by atoms with Gasteiger partial charge in [-0.25, -0.2) is 8.42 Å². The number of anilines is 2. The zero-order valence-electron chi connectivity index (χ0n) is 15.3. The molecule has 28 heavy (non-hydrogen) atoms. The molecule has 0 saturated carbocycles. The van der Waals surface area contributed by atoms with Gasteiger partial charge in [0.05, 0.1) is 23.7 Å². The van der Waals surface area contributed by atoms with Crippen molar-refractivity contribution in [1.29, 1.82) is 0 Å². The van der Waals surface area contributed by atoms with Gasteiger partial charge in [-0.1, -0.05) is 30.3 Å². The fourth-order valence-corrected chi connectivity index (χ4v) is 4.43. The van der Waals surface area contributed by atoms with E-state index in [0.29, 0.717) is 17.9 Å². The van der Waals surface area contributed by atoms with Gasteiger partial charge in [0.15, 0.2) is 0 Å². The van der Waals surface area contributed by atoms with Crippen molar-refractivity contribution in [2.24, 2.45) is 0 Å². The van der Waals surface area contributed by atoms with Crippen LogP contribution in [0, 0.1) is 0 Å². The molecule has 0 aliphatic carbocycles. The second kappa shape index (κ2) is 8.90. The van der Waals surface area contributed by atoms with E-state index >= 15 is 0 Å². The van der Waals surface area contributed by atoms with Gasteiger partial charge < -0.3 is 10.6 Å². The molecule has 1 heterocycles. The van der Waals surface area contributed by atoms with Gasteiger partial charge >= 0.3 is 0 Å². The predicted octanol–water partition coefficient (Wildman–Crippen LogP) is 3.30. The van der Waals surface area contributed by atoms with Crippen LogP contribution in [0.1, 0.15) is 4.88 Å². The molecule has 0 spiro atoms. The summed E-state index contributed by atoms with van der Waals surface area (Å²) in [5.41, 5.74) is 1.14. The largest absolute Gasteiger partial charge is 0.376 e. The highest BCUT2D eigenvalue weighted by atomic mass is 32.2. The number of para-hydroxylation sites is 1. The number of amides is 1. The van der Waals surface area contributed by atoms with E-state index in [1.165, 1.54) is 23.5 Å². The van der Waals surface area contributed by atoms with Crippen LogP contribution in [0.5, 0.6) is 0 Å². The Morgan fingerprint density at radius 2 is 1.82 bits per heavy atom. The molecule has 1 amide bonds. The van der Waals surface area contributed by atoms with Crippen molar-refractivity contribution in [2.75, 3.05) is 23.2 Å². The summed E-state index contributed by atoms with van der Waals surface area (Å²) in [5, 5.41) is 7.75. The van der Waals surface area contributed by atoms with Crippen LogP contribution in [0.3, 0.4) is 0 Å². The molecule has 3 aromatic rings. The number of sulfonamides is 1. The van der Waals surface area contributed by atoms with Crippen molar-refractivity contribution in [3.05, 3.63) is 77.0 Å². The lowest BCUT2D eigenvalue weighted by molar-refractivity contribution is -0.119. The van der Waals surface area contributed by atoms with Crippen molar-refractivity contribution in [2.45, 2.75) is 11.4 Å². The third-order valence-electron chi connectivity index (χ3n) is 4.11. The first-order valence-corrected chi connectivity index (χ1v) is 11.0. The van der Waals surface area contributed by atoms with Crippen LogP contribution in [0.4, 0.5) is 11.4 Å². The van der Waals surface area contributed by atoms with Crippen molar-refractivity contribution in [3.8, 4) is 0 Å². The predicted molar refractivity (Wildman–Crippen MR) is 113 cm³/mol. The number of nitrogens with one attached hydrogen (secondary N) is 2. The van der Waals surface area contributed by atoms with Gasteiger partial charge in [-0.15, -0.1) is 11.3 Å². The molecule has 1 aromatic heterocycles. The Morgan fingerprint density at radius 3 is 2.54 bits per heavy atom. The molecule has 8 heteroatoms. The molecule has 2 aromatic carbocycles. The summed E-state index contributed by atoms with van der Waals surface area (Å²) in [6.45, 7) is 0.540. The Kier molecular flexibility index (Phi) is 6.33. The number of nitrogens with zero attached hydrogens (tertiary/aromatic N) is 1. The lowest BCUT2D eigenvalue weighted by atomic mass is 10.3. The summed E-state index contributed by atoms with van der Waals surface area (Å²) >= 11 is 1.58. The second-order valence-corrected chi connectivity index (χ2v) is 9.05. The topological polar surface area (TPSA) is 78.5 Å². The molecule has 0 aliphatic rings. The maximum atomic E-state index is 12.9. The van der Waals surface area contributed by atoms with Crippen LogP contribution in [0.15, 0.2) is 77.0 Å². The Bertz CT molecular complexity index is 1020. The minimum atomic E-state index is -3.70. The Morgan fingerprint density at radius 1 is 1.04 bits per heavy atom. The van der Waals surface area contributed by atoms with Gasteiger partial charge in [0.2, 0.25) is 5.91 Å². The zero-order chi connectivity index (χ0) is 20.0. The third-order valence-corrected chi connectivity index (χ3v) is 6.76. The van der Waals surface area contributed by atoms with Gasteiger partial charge in [0.1, 0.15) is 0 Å². The molecule has 3 rings (SSSR count). The van der Waals surface area contributed by atoms with Crippen LogP contribution < -0.4 is 14.9 Å². The second-order valence-electron chi connectivity index (χ2n) is 6.05. The highest BCUT2D eigenvalue weighted by Crippen LogP contribution is 2.23. The van der Waals surface area contributed by atoms with E-state index in [1.807, 2.05) is 23.6 Å². The Balaban J connectivity index is 1.64. The molecule has 0 atom stereocenters. The zero-order valence-corrected chi connectivity index (χ0v) is 17.0. The lowest BCUT2D eigenvalue weighted by Crippen LogP contribution is -2.29. The van der Waals surface area contributed by atoms with Crippen LogP contribution in [-0.4, -0.2) is 27.9 Å². The fraction of sp³-hybridized carbons (Fsp3) is 0.150. The van der Waals surface area contributed by atoms with Gasteiger partial charge in [-0.05, 0) is 41.8 Å². The SMILES string of the molecule is CN(c1ccccc1)S(=O)(=O)c1cccc(NCC(=O)NCc2cccs2)c1. The van der Waals surface area contributed by atoms with Crippen molar-refractivity contribution < 1.29 is 13.2 Å². The maximum Gasteiger partial charge on any atom is 0.264 e. The summed E-state index contributed by atoms with van der Waals surface area (Å²) in [6, 6.07) is 19.2. The van der Waals surface area contributed by atoms with Crippen LogP contribution >= 0.6 is 11.3 Å². The number of thiophene rings is 1. The molecule has 0 aliphatic heterocycles. The molecule has 0 unspecified atom stereocenters. The number of carbonyl (C=O) groups is 1. The van der Waals surface area contributed by atoms with Crippen molar-refractivity contribution in [1.82, 2.24) is 5.32 Å². The highest BCUT2D eigenvalue weighted by Gasteiger charge is 2.21. The summed E-state index contributed by atoms with van der Waals surface area (Å²) in [4.78, 5) is 13.2. The van der Waals surface area contributed by atoms with E-state index in [4.69, 9.17) is 0 Å². The number of benzene rings is 2. The monoisotopic (exact) mass is 415 g/mol. The quantitative estimate of drug-likeness (QED) is 0.592. The fourth-order valence-electron chi connectivity index (χ4n) is 2.55. The van der Waals surface area contributed by atoms with Gasteiger partial charge in [-0.3, -0.25) is 9.10 Å². The van der Waals surface area contributed by atoms with E-state index in [-0.39, 0.29) is 17.3 Å². The maximum absolute atomic E-state index is 12.9. The van der Waals surface area contributed by atoms with Crippen molar-refractivity contribution >= 4 is 38.6 Å². The minimum absolute atomic E-state index is 0.0589. The lowest BCUT2D eigenvalue weighted by Gasteiger charge is -2.20. The molecule has 6 nitrogen and oxygen atoms in total. The first kappa shape index (κ1) is 19.9. The number of hydrogen-bond donors (Lipinski definition) is 2. The standard InChI is InChI=1S/C20H21N3O3S2/c1-23(17-8-3-2-4-9-17)28(25,26)19-11-5-7-16(13-19)21-15-20(24)22-14-18-10-6-12-27-18/h2-13,21H,14-15H2,1H3,(H,22,24). The molecule has 0 bridgehead atoms.